The van der Waals surface area contributed by atoms with E-state index in [1.807, 2.05) is 26.0 Å². The number of halogens is 1. The molecule has 8 heteroatoms. The predicted octanol–water partition coefficient (Wildman–Crippen LogP) is 3.86. The first-order chi connectivity index (χ1) is 17.1. The van der Waals surface area contributed by atoms with E-state index in [-0.39, 0.29) is 30.1 Å². The third kappa shape index (κ3) is 5.06. The van der Waals surface area contributed by atoms with Crippen molar-refractivity contribution in [3.8, 4) is 11.8 Å². The number of ketones is 2. The Bertz CT molecular complexity index is 1270. The molecule has 1 N–H and O–H groups in total. The lowest BCUT2D eigenvalue weighted by atomic mass is 9.62. The van der Waals surface area contributed by atoms with Crippen LogP contribution in [0.25, 0.3) is 0 Å². The van der Waals surface area contributed by atoms with E-state index in [0.29, 0.717) is 25.9 Å². The van der Waals surface area contributed by atoms with E-state index < -0.39 is 29.2 Å². The fraction of sp³-hybridized carbons (Fsp3) is 0.393. The quantitative estimate of drug-likeness (QED) is 0.393. The molecule has 7 nitrogen and oxygen atoms in total. The number of nitrogens with zero attached hydrogens (tertiary/aromatic N) is 2. The summed E-state index contributed by atoms with van der Waals surface area (Å²) in [5, 5.41) is 2.23. The standard InChI is InChI=1S/C28H28FN3O4/c1-4-6-19-13-17(2)24(18(3)14-19)25-21(33)15-28(16-22(25)34)9-11-32(12-10-28)27(36)31-26(35)20-7-5-8-23(29)30-20/h5,7-8,13-14,25H,9-12,15-16H2,1-3H3,(H,31,35,36). The second-order valence-corrected chi connectivity index (χ2v) is 9.71. The summed E-state index contributed by atoms with van der Waals surface area (Å²) in [6, 6.07) is 7.00. The number of carbonyl (C=O) groups is 4. The Morgan fingerprint density at radius 3 is 2.25 bits per heavy atom. The number of carbonyl (C=O) groups excluding carboxylic acids is 4. The fourth-order valence-electron chi connectivity index (χ4n) is 5.47. The zero-order chi connectivity index (χ0) is 26.0. The average Bonchev–Trinajstić information content (AvgIpc) is 2.81. The van der Waals surface area contributed by atoms with Gasteiger partial charge >= 0.3 is 6.03 Å². The van der Waals surface area contributed by atoms with Gasteiger partial charge in [-0.2, -0.15) is 4.39 Å². The van der Waals surface area contributed by atoms with Gasteiger partial charge in [-0.25, -0.2) is 9.78 Å². The van der Waals surface area contributed by atoms with Crippen molar-refractivity contribution in [1.82, 2.24) is 15.2 Å². The van der Waals surface area contributed by atoms with Crippen LogP contribution >= 0.6 is 0 Å². The second kappa shape index (κ2) is 10.0. The molecule has 2 heterocycles. The normalized spacial score (nSPS) is 17.5. The highest BCUT2D eigenvalue weighted by Crippen LogP contribution is 2.46. The number of hydrogen-bond acceptors (Lipinski definition) is 5. The molecule has 1 aromatic heterocycles. The summed E-state index contributed by atoms with van der Waals surface area (Å²) in [5.41, 5.74) is 2.75. The third-order valence-electron chi connectivity index (χ3n) is 7.17. The van der Waals surface area contributed by atoms with Gasteiger partial charge in [0, 0.05) is 31.5 Å². The lowest BCUT2D eigenvalue weighted by Crippen LogP contribution is -2.51. The van der Waals surface area contributed by atoms with E-state index in [2.05, 4.69) is 22.1 Å². The number of pyridine rings is 1. The van der Waals surface area contributed by atoms with Gasteiger partial charge in [-0.15, -0.1) is 5.92 Å². The van der Waals surface area contributed by atoms with Crippen molar-refractivity contribution in [2.24, 2.45) is 5.41 Å². The molecule has 186 valence electrons. The number of hydrogen-bond donors (Lipinski definition) is 1. The van der Waals surface area contributed by atoms with Gasteiger partial charge in [-0.05, 0) is 80.0 Å². The van der Waals surface area contributed by atoms with Crippen molar-refractivity contribution in [3.63, 3.8) is 0 Å². The van der Waals surface area contributed by atoms with E-state index in [9.17, 15) is 23.6 Å². The Balaban J connectivity index is 1.41. The third-order valence-corrected chi connectivity index (χ3v) is 7.17. The number of urea groups is 1. The van der Waals surface area contributed by atoms with Gasteiger partial charge in [0.2, 0.25) is 5.95 Å². The van der Waals surface area contributed by atoms with Crippen molar-refractivity contribution >= 4 is 23.5 Å². The molecule has 1 aliphatic carbocycles. The van der Waals surface area contributed by atoms with E-state index in [1.54, 1.807) is 6.92 Å². The maximum absolute atomic E-state index is 13.3. The topological polar surface area (TPSA) is 96.4 Å². The number of aryl methyl sites for hydroxylation is 2. The molecule has 1 aromatic carbocycles. The molecular weight excluding hydrogens is 461 g/mol. The number of piperidine rings is 1. The molecule has 1 spiro atoms. The molecule has 0 radical (unpaired) electrons. The number of Topliss-reactive ketones (excluding diaryl/α,β-unsaturated/α-hetero) is 2. The highest BCUT2D eigenvalue weighted by Gasteiger charge is 2.48. The molecule has 2 aromatic rings. The molecular formula is C28H28FN3O4. The lowest BCUT2D eigenvalue weighted by molar-refractivity contribution is -0.138. The lowest BCUT2D eigenvalue weighted by Gasteiger charge is -2.44. The Morgan fingerprint density at radius 2 is 1.69 bits per heavy atom. The molecule has 0 bridgehead atoms. The minimum Gasteiger partial charge on any atom is -0.324 e. The summed E-state index contributed by atoms with van der Waals surface area (Å²) in [6.45, 7) is 6.20. The van der Waals surface area contributed by atoms with Gasteiger partial charge in [0.1, 0.15) is 23.2 Å². The van der Waals surface area contributed by atoms with Crippen LogP contribution in [0.4, 0.5) is 9.18 Å². The number of benzene rings is 1. The maximum Gasteiger partial charge on any atom is 0.324 e. The fourth-order valence-corrected chi connectivity index (χ4v) is 5.47. The maximum atomic E-state index is 13.3. The van der Waals surface area contributed by atoms with Crippen LogP contribution in [0.5, 0.6) is 0 Å². The van der Waals surface area contributed by atoms with E-state index >= 15 is 0 Å². The van der Waals surface area contributed by atoms with Crippen molar-refractivity contribution < 1.29 is 23.6 Å². The van der Waals surface area contributed by atoms with Crippen LogP contribution in [-0.2, 0) is 9.59 Å². The van der Waals surface area contributed by atoms with Gasteiger partial charge in [-0.1, -0.05) is 12.0 Å². The summed E-state index contributed by atoms with van der Waals surface area (Å²) in [7, 11) is 0. The largest absolute Gasteiger partial charge is 0.324 e. The first kappa shape index (κ1) is 25.2. The van der Waals surface area contributed by atoms with Gasteiger partial charge in [0.25, 0.3) is 5.91 Å². The molecule has 2 aliphatic rings. The second-order valence-electron chi connectivity index (χ2n) is 9.71. The molecule has 36 heavy (non-hydrogen) atoms. The number of likely N-dealkylation sites (tertiary alicyclic amines) is 1. The molecule has 2 fully saturated rings. The molecule has 4 rings (SSSR count). The van der Waals surface area contributed by atoms with Gasteiger partial charge < -0.3 is 4.90 Å². The minimum absolute atomic E-state index is 0.0861. The Morgan fingerprint density at radius 1 is 1.08 bits per heavy atom. The Labute approximate surface area is 209 Å². The van der Waals surface area contributed by atoms with Gasteiger partial charge in [0.15, 0.2) is 0 Å². The number of amides is 3. The van der Waals surface area contributed by atoms with Crippen LogP contribution in [0.3, 0.4) is 0 Å². The van der Waals surface area contributed by atoms with Crippen LogP contribution in [0.15, 0.2) is 30.3 Å². The zero-order valence-corrected chi connectivity index (χ0v) is 20.6. The van der Waals surface area contributed by atoms with Crippen molar-refractivity contribution in [2.75, 3.05) is 13.1 Å². The first-order valence-corrected chi connectivity index (χ1v) is 11.9. The van der Waals surface area contributed by atoms with Crippen LogP contribution < -0.4 is 5.32 Å². The number of aromatic nitrogens is 1. The molecule has 1 aliphatic heterocycles. The smallest absolute Gasteiger partial charge is 0.324 e. The summed E-state index contributed by atoms with van der Waals surface area (Å²) >= 11 is 0. The number of rotatable bonds is 2. The minimum atomic E-state index is -0.809. The van der Waals surface area contributed by atoms with Crippen LogP contribution in [-0.4, -0.2) is 46.5 Å². The predicted molar refractivity (Wildman–Crippen MR) is 131 cm³/mol. The average molecular weight is 490 g/mol. The molecule has 3 amide bonds. The van der Waals surface area contributed by atoms with E-state index in [0.717, 1.165) is 28.3 Å². The van der Waals surface area contributed by atoms with Gasteiger partial charge in [0.05, 0.1) is 0 Å². The van der Waals surface area contributed by atoms with Crippen molar-refractivity contribution in [3.05, 3.63) is 64.2 Å². The number of imide groups is 1. The molecule has 1 saturated heterocycles. The summed E-state index contributed by atoms with van der Waals surface area (Å²) < 4.78 is 13.3. The summed E-state index contributed by atoms with van der Waals surface area (Å²) in [5.74, 6) is 3.37. The highest BCUT2D eigenvalue weighted by atomic mass is 19.1. The van der Waals surface area contributed by atoms with Crippen molar-refractivity contribution in [2.45, 2.75) is 52.4 Å². The Kier molecular flexibility index (Phi) is 7.02. The van der Waals surface area contributed by atoms with Crippen molar-refractivity contribution in [1.29, 1.82) is 0 Å². The molecule has 0 atom stereocenters. The van der Waals surface area contributed by atoms with Crippen LogP contribution in [0, 0.1) is 37.1 Å². The van der Waals surface area contributed by atoms with Crippen LogP contribution in [0.1, 0.15) is 71.3 Å². The van der Waals surface area contributed by atoms with Crippen LogP contribution in [0.2, 0.25) is 0 Å². The van der Waals surface area contributed by atoms with E-state index in [4.69, 9.17) is 0 Å². The highest BCUT2D eigenvalue weighted by molar-refractivity contribution is 6.10. The van der Waals surface area contributed by atoms with E-state index in [1.165, 1.54) is 17.0 Å². The summed E-state index contributed by atoms with van der Waals surface area (Å²) in [4.78, 5) is 56.4. The monoisotopic (exact) mass is 489 g/mol. The molecule has 1 saturated carbocycles. The Hall–Kier alpha value is -3.86. The van der Waals surface area contributed by atoms with Gasteiger partial charge in [-0.3, -0.25) is 19.7 Å². The molecule has 0 unspecified atom stereocenters. The zero-order valence-electron chi connectivity index (χ0n) is 20.6. The SMILES string of the molecule is CC#Cc1cc(C)c(C2C(=O)CC3(CCN(C(=O)NC(=O)c4cccc(F)n4)CC3)CC2=O)c(C)c1. The first-order valence-electron chi connectivity index (χ1n) is 11.9. The number of nitrogens with one attached hydrogen (secondary N) is 1. The summed E-state index contributed by atoms with van der Waals surface area (Å²) in [6.07, 6.45) is 1.53.